The fourth-order valence-electron chi connectivity index (χ4n) is 4.03. The Bertz CT molecular complexity index is 1380. The number of benzene rings is 2. The van der Waals surface area contributed by atoms with E-state index in [0.29, 0.717) is 54.6 Å². The zero-order chi connectivity index (χ0) is 23.7. The number of nitrogens with zero attached hydrogens (tertiary/aromatic N) is 5. The fourth-order valence-corrected chi connectivity index (χ4v) is 4.29. The smallest absolute Gasteiger partial charge is 0.409 e. The van der Waals surface area contributed by atoms with Crippen molar-refractivity contribution in [2.45, 2.75) is 13.3 Å². The predicted molar refractivity (Wildman–Crippen MR) is 129 cm³/mol. The van der Waals surface area contributed by atoms with Gasteiger partial charge in [-0.25, -0.2) is 9.78 Å². The van der Waals surface area contributed by atoms with Crippen LogP contribution in [0.15, 0.2) is 42.5 Å². The van der Waals surface area contributed by atoms with Crippen LogP contribution in [0.4, 0.5) is 4.79 Å². The van der Waals surface area contributed by atoms with Crippen molar-refractivity contribution in [3.8, 4) is 11.3 Å². The fraction of sp³-hybridized carbons (Fsp3) is 0.292. The second kappa shape index (κ2) is 9.26. The number of H-pyrrole nitrogens is 1. The van der Waals surface area contributed by atoms with Crippen LogP contribution in [-0.2, 0) is 4.74 Å². The molecule has 10 heteroatoms. The lowest BCUT2D eigenvalue weighted by Gasteiger charge is -2.34. The van der Waals surface area contributed by atoms with Crippen molar-refractivity contribution in [2.24, 2.45) is 0 Å². The van der Waals surface area contributed by atoms with Crippen LogP contribution in [0.25, 0.3) is 33.2 Å². The maximum absolute atomic E-state index is 13.2. The van der Waals surface area contributed by atoms with Crippen molar-refractivity contribution in [1.29, 1.82) is 0 Å². The third kappa shape index (κ3) is 4.26. The maximum Gasteiger partial charge on any atom is 0.409 e. The number of amides is 2. The van der Waals surface area contributed by atoms with Gasteiger partial charge in [-0.1, -0.05) is 35.9 Å². The Morgan fingerprint density at radius 1 is 1.03 bits per heavy atom. The number of aromatic amines is 1. The molecule has 0 unspecified atom stereocenters. The number of carbonyl (C=O) groups is 2. The number of halogens is 1. The highest BCUT2D eigenvalue weighted by molar-refractivity contribution is 6.35. The molecule has 1 aliphatic heterocycles. The monoisotopic (exact) mass is 478 g/mol. The number of ether oxygens (including phenoxy) is 1. The third-order valence-electron chi connectivity index (χ3n) is 5.88. The Kier molecular flexibility index (Phi) is 6.02. The number of rotatable bonds is 4. The van der Waals surface area contributed by atoms with Crippen LogP contribution < -0.4 is 0 Å². The zero-order valence-corrected chi connectivity index (χ0v) is 19.4. The normalized spacial score (nSPS) is 14.1. The molecule has 1 N–H and O–H groups in total. The van der Waals surface area contributed by atoms with E-state index in [1.807, 2.05) is 37.3 Å². The summed E-state index contributed by atoms with van der Waals surface area (Å²) in [5.41, 5.74) is 4.30. The molecule has 174 valence electrons. The zero-order valence-electron chi connectivity index (χ0n) is 18.6. The highest BCUT2D eigenvalue weighted by Gasteiger charge is 2.26. The molecule has 5 rings (SSSR count). The molecule has 1 aliphatic rings. The van der Waals surface area contributed by atoms with E-state index in [1.54, 1.807) is 21.9 Å². The molecule has 4 aromatic rings. The summed E-state index contributed by atoms with van der Waals surface area (Å²) in [6, 6.07) is 12.9. The number of nitrogens with one attached hydrogen (secondary N) is 1. The van der Waals surface area contributed by atoms with Crippen molar-refractivity contribution >= 4 is 45.5 Å². The molecule has 2 amide bonds. The molecule has 0 bridgehead atoms. The second-order valence-electron chi connectivity index (χ2n) is 8.16. The first-order valence-electron chi connectivity index (χ1n) is 11.2. The van der Waals surface area contributed by atoms with Crippen LogP contribution in [0.2, 0.25) is 5.02 Å². The molecule has 0 atom stereocenters. The third-order valence-corrected chi connectivity index (χ3v) is 6.19. The van der Waals surface area contributed by atoms with Crippen LogP contribution in [-0.4, -0.2) is 75.0 Å². The van der Waals surface area contributed by atoms with Crippen LogP contribution in [0.3, 0.4) is 0 Å². The van der Waals surface area contributed by atoms with Crippen LogP contribution in [0.5, 0.6) is 0 Å². The molecule has 2 aromatic heterocycles. The van der Waals surface area contributed by atoms with Crippen molar-refractivity contribution in [1.82, 2.24) is 30.2 Å². The number of aromatic nitrogens is 4. The van der Waals surface area contributed by atoms with E-state index in [1.165, 1.54) is 0 Å². The maximum atomic E-state index is 13.2. The largest absolute Gasteiger partial charge is 0.449 e. The quantitative estimate of drug-likeness (QED) is 0.473. The number of pyridine rings is 1. The van der Waals surface area contributed by atoms with Crippen molar-refractivity contribution < 1.29 is 14.3 Å². The van der Waals surface area contributed by atoms with Crippen molar-refractivity contribution in [3.05, 3.63) is 53.1 Å². The highest BCUT2D eigenvalue weighted by Crippen LogP contribution is 2.30. The molecule has 0 aliphatic carbocycles. The molecule has 0 spiro atoms. The topological polar surface area (TPSA) is 104 Å². The van der Waals surface area contributed by atoms with Gasteiger partial charge in [0.15, 0.2) is 0 Å². The van der Waals surface area contributed by atoms with Gasteiger partial charge in [0.1, 0.15) is 5.52 Å². The van der Waals surface area contributed by atoms with E-state index in [-0.39, 0.29) is 12.0 Å². The number of fused-ring (bicyclic) bond motifs is 2. The van der Waals surface area contributed by atoms with Gasteiger partial charge in [-0.3, -0.25) is 9.89 Å². The molecule has 0 radical (unpaired) electrons. The first kappa shape index (κ1) is 22.1. The van der Waals surface area contributed by atoms with Gasteiger partial charge in [-0.05, 0) is 36.8 Å². The van der Waals surface area contributed by atoms with E-state index in [0.717, 1.165) is 28.4 Å². The second-order valence-corrected chi connectivity index (χ2v) is 8.57. The molecule has 0 saturated carbocycles. The van der Waals surface area contributed by atoms with Gasteiger partial charge in [0, 0.05) is 42.7 Å². The minimum absolute atomic E-state index is 0.100. The number of carbonyl (C=O) groups excluding carboxylic acids is 2. The first-order chi connectivity index (χ1) is 16.5. The predicted octanol–water partition coefficient (Wildman–Crippen LogP) is 4.13. The van der Waals surface area contributed by atoms with E-state index in [9.17, 15) is 9.59 Å². The summed E-state index contributed by atoms with van der Waals surface area (Å²) in [5, 5.41) is 12.0. The molecule has 1 saturated heterocycles. The summed E-state index contributed by atoms with van der Waals surface area (Å²) in [4.78, 5) is 33.4. The number of piperazine rings is 1. The lowest BCUT2D eigenvalue weighted by molar-refractivity contribution is 0.0560. The van der Waals surface area contributed by atoms with Gasteiger partial charge in [-0.15, -0.1) is 5.10 Å². The summed E-state index contributed by atoms with van der Waals surface area (Å²) >= 11 is 6.55. The van der Waals surface area contributed by atoms with Crippen molar-refractivity contribution in [3.63, 3.8) is 0 Å². The molecule has 3 heterocycles. The van der Waals surface area contributed by atoms with Gasteiger partial charge in [0.25, 0.3) is 5.91 Å². The van der Waals surface area contributed by atoms with Crippen LogP contribution >= 0.6 is 11.6 Å². The Hall–Kier alpha value is -3.72. The minimum Gasteiger partial charge on any atom is -0.449 e. The van der Waals surface area contributed by atoms with Gasteiger partial charge in [-0.2, -0.15) is 0 Å². The van der Waals surface area contributed by atoms with Crippen LogP contribution in [0.1, 0.15) is 23.7 Å². The summed E-state index contributed by atoms with van der Waals surface area (Å²) in [6.45, 7) is 4.14. The summed E-state index contributed by atoms with van der Waals surface area (Å²) in [6.07, 6.45) is 0.455. The Morgan fingerprint density at radius 3 is 2.62 bits per heavy atom. The number of hydrogen-bond donors (Lipinski definition) is 1. The van der Waals surface area contributed by atoms with E-state index in [2.05, 4.69) is 15.4 Å². The molecule has 9 nitrogen and oxygen atoms in total. The standard InChI is InChI=1S/C24H23ClN6O3/c1-2-11-34-24(33)31-9-7-30(8-10-31)23(32)16-3-5-17-18(25)14-20(26-21(17)13-16)15-4-6-19-22(12-15)28-29-27-19/h3-6,12-14H,2,7-11H2,1H3,(H,27,28,29). The lowest BCUT2D eigenvalue weighted by Crippen LogP contribution is -2.50. The average molecular weight is 479 g/mol. The SMILES string of the molecule is CCCOC(=O)N1CCN(C(=O)c2ccc3c(Cl)cc(-c4ccc5nn[nH]c5c4)nc3c2)CC1. The summed E-state index contributed by atoms with van der Waals surface area (Å²) in [5.74, 6) is -0.100. The minimum atomic E-state index is -0.324. The molecular formula is C24H23ClN6O3. The van der Waals surface area contributed by atoms with Gasteiger partial charge < -0.3 is 14.5 Å². The number of hydrogen-bond acceptors (Lipinski definition) is 6. The molecule has 2 aromatic carbocycles. The van der Waals surface area contributed by atoms with Crippen LogP contribution in [0, 0.1) is 0 Å². The van der Waals surface area contributed by atoms with Gasteiger partial charge in [0.2, 0.25) is 0 Å². The first-order valence-corrected chi connectivity index (χ1v) is 11.5. The van der Waals surface area contributed by atoms with Gasteiger partial charge in [0.05, 0.1) is 28.4 Å². The Balaban J connectivity index is 1.37. The molecule has 1 fully saturated rings. The Morgan fingerprint density at radius 2 is 1.82 bits per heavy atom. The van der Waals surface area contributed by atoms with E-state index < -0.39 is 0 Å². The molecular weight excluding hydrogens is 456 g/mol. The molecule has 34 heavy (non-hydrogen) atoms. The lowest BCUT2D eigenvalue weighted by atomic mass is 10.1. The Labute approximate surface area is 200 Å². The van der Waals surface area contributed by atoms with Crippen molar-refractivity contribution in [2.75, 3.05) is 32.8 Å². The van der Waals surface area contributed by atoms with E-state index in [4.69, 9.17) is 21.3 Å². The average Bonchev–Trinajstić information content (AvgIpc) is 3.34. The highest BCUT2D eigenvalue weighted by atomic mass is 35.5. The summed E-state index contributed by atoms with van der Waals surface area (Å²) in [7, 11) is 0. The summed E-state index contributed by atoms with van der Waals surface area (Å²) < 4.78 is 5.19. The van der Waals surface area contributed by atoms with E-state index >= 15 is 0 Å². The van der Waals surface area contributed by atoms with Gasteiger partial charge >= 0.3 is 6.09 Å².